The lowest BCUT2D eigenvalue weighted by molar-refractivity contribution is -0.384. The van der Waals surface area contributed by atoms with E-state index in [-0.39, 0.29) is 10.6 Å². The van der Waals surface area contributed by atoms with Crippen LogP contribution in [0.3, 0.4) is 0 Å². The molecule has 1 saturated heterocycles. The SMILES string of the molecule is O=C(CN1C(=O)S/C(=C\c2ccco2)C1=O)Nc1ccc([N+](=O)[O-])cc1. The summed E-state index contributed by atoms with van der Waals surface area (Å²) in [6.45, 7) is -0.461. The minimum Gasteiger partial charge on any atom is -0.465 e. The van der Waals surface area contributed by atoms with Gasteiger partial charge < -0.3 is 9.73 Å². The number of anilines is 1. The number of nitrogens with zero attached hydrogens (tertiary/aromatic N) is 2. The first-order chi connectivity index (χ1) is 12.4. The van der Waals surface area contributed by atoms with Crippen LogP contribution in [0.2, 0.25) is 0 Å². The summed E-state index contributed by atoms with van der Waals surface area (Å²) in [5.74, 6) is -0.763. The number of benzene rings is 1. The molecule has 0 aliphatic carbocycles. The Labute approximate surface area is 150 Å². The van der Waals surface area contributed by atoms with Crippen LogP contribution in [0.1, 0.15) is 5.76 Å². The highest BCUT2D eigenvalue weighted by atomic mass is 32.2. The molecule has 26 heavy (non-hydrogen) atoms. The van der Waals surface area contributed by atoms with Crippen molar-refractivity contribution in [2.45, 2.75) is 0 Å². The molecule has 0 unspecified atom stereocenters. The van der Waals surface area contributed by atoms with Gasteiger partial charge in [-0.2, -0.15) is 0 Å². The molecule has 1 aliphatic rings. The number of imide groups is 1. The van der Waals surface area contributed by atoms with Crippen molar-refractivity contribution in [1.82, 2.24) is 4.90 Å². The third-order valence-corrected chi connectivity index (χ3v) is 4.26. The molecule has 0 radical (unpaired) electrons. The Hall–Kier alpha value is -3.40. The normalized spacial score (nSPS) is 15.5. The van der Waals surface area contributed by atoms with Crippen LogP contribution in [0.25, 0.3) is 6.08 Å². The zero-order valence-electron chi connectivity index (χ0n) is 13.1. The molecule has 1 fully saturated rings. The summed E-state index contributed by atoms with van der Waals surface area (Å²) < 4.78 is 5.10. The third kappa shape index (κ3) is 3.81. The highest BCUT2D eigenvalue weighted by molar-refractivity contribution is 8.18. The predicted octanol–water partition coefficient (Wildman–Crippen LogP) is 2.86. The Morgan fingerprint density at radius 2 is 2.00 bits per heavy atom. The fraction of sp³-hybridized carbons (Fsp3) is 0.0625. The van der Waals surface area contributed by atoms with Gasteiger partial charge in [-0.05, 0) is 36.0 Å². The van der Waals surface area contributed by atoms with Crippen molar-refractivity contribution in [2.24, 2.45) is 0 Å². The van der Waals surface area contributed by atoms with E-state index in [4.69, 9.17) is 4.42 Å². The minimum atomic E-state index is -0.597. The van der Waals surface area contributed by atoms with Crippen molar-refractivity contribution in [2.75, 3.05) is 11.9 Å². The van der Waals surface area contributed by atoms with E-state index in [1.54, 1.807) is 12.1 Å². The summed E-state index contributed by atoms with van der Waals surface area (Å²) in [5.41, 5.74) is 0.204. The Bertz CT molecular complexity index is 905. The number of thioether (sulfide) groups is 1. The second-order valence-electron chi connectivity index (χ2n) is 5.14. The van der Waals surface area contributed by atoms with Gasteiger partial charge in [-0.15, -0.1) is 0 Å². The Kier molecular flexibility index (Phi) is 4.85. The molecule has 0 bridgehead atoms. The fourth-order valence-corrected chi connectivity index (χ4v) is 2.97. The zero-order valence-corrected chi connectivity index (χ0v) is 13.9. The lowest BCUT2D eigenvalue weighted by atomic mass is 10.3. The topological polar surface area (TPSA) is 123 Å². The van der Waals surface area contributed by atoms with Gasteiger partial charge in [-0.25, -0.2) is 0 Å². The average Bonchev–Trinajstić information content (AvgIpc) is 3.20. The van der Waals surface area contributed by atoms with Crippen LogP contribution in [-0.2, 0) is 9.59 Å². The van der Waals surface area contributed by atoms with E-state index in [1.165, 1.54) is 36.6 Å². The standard InChI is InChI=1S/C16H11N3O6S/c20-14(17-10-3-5-11(6-4-10)19(23)24)9-18-15(21)13(26-16(18)22)8-12-2-1-7-25-12/h1-8H,9H2,(H,17,20)/b13-8-. The van der Waals surface area contributed by atoms with Crippen LogP contribution in [0.5, 0.6) is 0 Å². The van der Waals surface area contributed by atoms with E-state index in [9.17, 15) is 24.5 Å². The number of furan rings is 1. The van der Waals surface area contributed by atoms with Crippen molar-refractivity contribution in [3.05, 3.63) is 63.4 Å². The molecule has 1 aromatic heterocycles. The second kappa shape index (κ2) is 7.23. The smallest absolute Gasteiger partial charge is 0.294 e. The minimum absolute atomic E-state index is 0.114. The van der Waals surface area contributed by atoms with Crippen LogP contribution in [0.4, 0.5) is 16.2 Å². The van der Waals surface area contributed by atoms with Gasteiger partial charge in [0.05, 0.1) is 16.1 Å². The number of amides is 3. The first-order valence-electron chi connectivity index (χ1n) is 7.27. The number of nitro groups is 1. The van der Waals surface area contributed by atoms with Crippen molar-refractivity contribution >= 4 is 46.3 Å². The predicted molar refractivity (Wildman–Crippen MR) is 93.1 cm³/mol. The maximum atomic E-state index is 12.3. The van der Waals surface area contributed by atoms with Crippen LogP contribution >= 0.6 is 11.8 Å². The number of hydrogen-bond acceptors (Lipinski definition) is 7. The summed E-state index contributed by atoms with van der Waals surface area (Å²) in [7, 11) is 0. The van der Waals surface area contributed by atoms with Crippen molar-refractivity contribution in [1.29, 1.82) is 0 Å². The van der Waals surface area contributed by atoms with Crippen molar-refractivity contribution in [3.63, 3.8) is 0 Å². The molecular weight excluding hydrogens is 362 g/mol. The Balaban J connectivity index is 1.64. The largest absolute Gasteiger partial charge is 0.465 e. The first kappa shape index (κ1) is 17.4. The molecule has 2 aromatic rings. The summed E-state index contributed by atoms with van der Waals surface area (Å²) in [6, 6.07) is 8.48. The number of rotatable bonds is 5. The lowest BCUT2D eigenvalue weighted by Gasteiger charge is -2.12. The third-order valence-electron chi connectivity index (χ3n) is 3.35. The molecule has 1 aromatic carbocycles. The van der Waals surface area contributed by atoms with Crippen molar-refractivity contribution < 1.29 is 23.7 Å². The fourth-order valence-electron chi connectivity index (χ4n) is 2.15. The molecule has 1 N–H and O–H groups in total. The number of nitro benzene ring substituents is 1. The number of carbonyl (C=O) groups excluding carboxylic acids is 3. The molecule has 2 heterocycles. The molecule has 0 saturated carbocycles. The summed E-state index contributed by atoms with van der Waals surface area (Å²) in [4.78, 5) is 47.3. The Morgan fingerprint density at radius 1 is 1.27 bits per heavy atom. The number of nitrogens with one attached hydrogen (secondary N) is 1. The molecule has 3 amide bonds. The molecule has 0 atom stereocenters. The van der Waals surface area contributed by atoms with E-state index >= 15 is 0 Å². The van der Waals surface area contributed by atoms with Gasteiger partial charge in [0.15, 0.2) is 0 Å². The number of hydrogen-bond donors (Lipinski definition) is 1. The van der Waals surface area contributed by atoms with Gasteiger partial charge in [0, 0.05) is 23.9 Å². The van der Waals surface area contributed by atoms with Gasteiger partial charge in [-0.1, -0.05) is 0 Å². The lowest BCUT2D eigenvalue weighted by Crippen LogP contribution is -2.36. The summed E-state index contributed by atoms with van der Waals surface area (Å²) in [5, 5.41) is 12.5. The van der Waals surface area contributed by atoms with E-state index in [1.807, 2.05) is 0 Å². The highest BCUT2D eigenvalue weighted by Crippen LogP contribution is 2.32. The molecule has 1 aliphatic heterocycles. The second-order valence-corrected chi connectivity index (χ2v) is 6.13. The average molecular weight is 373 g/mol. The van der Waals surface area contributed by atoms with Gasteiger partial charge in [0.2, 0.25) is 5.91 Å². The van der Waals surface area contributed by atoms with Crippen LogP contribution < -0.4 is 5.32 Å². The Morgan fingerprint density at radius 3 is 2.62 bits per heavy atom. The zero-order chi connectivity index (χ0) is 18.7. The maximum Gasteiger partial charge on any atom is 0.294 e. The molecule has 9 nitrogen and oxygen atoms in total. The van der Waals surface area contributed by atoms with Crippen molar-refractivity contribution in [3.8, 4) is 0 Å². The van der Waals surface area contributed by atoms with Crippen LogP contribution in [0.15, 0.2) is 52.0 Å². The quantitative estimate of drug-likeness (QED) is 0.485. The molecule has 132 valence electrons. The van der Waals surface area contributed by atoms with Crippen LogP contribution in [0, 0.1) is 10.1 Å². The molecule has 0 spiro atoms. The summed E-state index contributed by atoms with van der Waals surface area (Å²) in [6.07, 6.45) is 2.87. The summed E-state index contributed by atoms with van der Waals surface area (Å²) >= 11 is 0.717. The van der Waals surface area contributed by atoms with E-state index in [2.05, 4.69) is 5.32 Å². The maximum absolute atomic E-state index is 12.3. The number of non-ortho nitro benzene ring substituents is 1. The first-order valence-corrected chi connectivity index (χ1v) is 8.09. The van der Waals surface area contributed by atoms with E-state index in [0.29, 0.717) is 11.4 Å². The molecule has 3 rings (SSSR count). The van der Waals surface area contributed by atoms with Gasteiger partial charge >= 0.3 is 0 Å². The van der Waals surface area contributed by atoms with E-state index < -0.39 is 28.5 Å². The van der Waals surface area contributed by atoms with Gasteiger partial charge in [0.25, 0.3) is 16.8 Å². The van der Waals surface area contributed by atoms with Crippen LogP contribution in [-0.4, -0.2) is 33.4 Å². The highest BCUT2D eigenvalue weighted by Gasteiger charge is 2.36. The van der Waals surface area contributed by atoms with E-state index in [0.717, 1.165) is 16.7 Å². The van der Waals surface area contributed by atoms with Gasteiger partial charge in [-0.3, -0.25) is 29.4 Å². The number of carbonyl (C=O) groups is 3. The molecule has 10 heteroatoms. The monoisotopic (exact) mass is 373 g/mol. The molecular formula is C16H11N3O6S. The van der Waals surface area contributed by atoms with Gasteiger partial charge in [0.1, 0.15) is 12.3 Å².